The van der Waals surface area contributed by atoms with E-state index < -0.39 is 29.2 Å². The van der Waals surface area contributed by atoms with E-state index in [4.69, 9.17) is 10.5 Å². The average molecular weight is 498 g/mol. The number of rotatable bonds is 6. The second kappa shape index (κ2) is 8.70. The first-order valence-corrected chi connectivity index (χ1v) is 11.0. The Morgan fingerprint density at radius 3 is 2.75 bits per heavy atom. The molecule has 1 aliphatic carbocycles. The normalized spacial score (nSPS) is 15.0. The summed E-state index contributed by atoms with van der Waals surface area (Å²) in [6.45, 7) is 0.0566. The lowest BCUT2D eigenvalue weighted by Crippen LogP contribution is -2.37. The number of aromatic nitrogens is 4. The molecule has 1 aliphatic rings. The van der Waals surface area contributed by atoms with Crippen LogP contribution in [0.25, 0.3) is 22.0 Å². The maximum absolute atomic E-state index is 13.6. The smallest absolute Gasteiger partial charge is 0.288 e. The third-order valence-electron chi connectivity index (χ3n) is 6.22. The number of aromatic amines is 1. The zero-order valence-corrected chi connectivity index (χ0v) is 19.0. The summed E-state index contributed by atoms with van der Waals surface area (Å²) in [5.74, 6) is -3.57. The number of alkyl halides is 2. The highest BCUT2D eigenvalue weighted by atomic mass is 19.3. The summed E-state index contributed by atoms with van der Waals surface area (Å²) in [4.78, 5) is 29.4. The fraction of sp³-hybridized carbons (Fsp3) is 0.250. The molecule has 5 rings (SSSR count). The predicted molar refractivity (Wildman–Crippen MR) is 125 cm³/mol. The molecule has 0 radical (unpaired) electrons. The van der Waals surface area contributed by atoms with Gasteiger partial charge in [0, 0.05) is 42.4 Å². The first-order valence-electron chi connectivity index (χ1n) is 11.0. The van der Waals surface area contributed by atoms with Crippen LogP contribution in [0.1, 0.15) is 34.9 Å². The number of pyridine rings is 1. The molecule has 4 N–H and O–H groups in total. The molecular weight excluding hydrogens is 477 g/mol. The van der Waals surface area contributed by atoms with Crippen molar-refractivity contribution in [1.82, 2.24) is 25.1 Å². The molecule has 4 aromatic rings. The minimum atomic E-state index is -2.77. The van der Waals surface area contributed by atoms with Crippen LogP contribution in [-0.4, -0.2) is 38.7 Å². The van der Waals surface area contributed by atoms with Crippen LogP contribution >= 0.6 is 0 Å². The zero-order chi connectivity index (χ0) is 25.6. The summed E-state index contributed by atoms with van der Waals surface area (Å²) < 4.78 is 47.3. The van der Waals surface area contributed by atoms with E-state index in [9.17, 15) is 22.8 Å². The standard InChI is InChI=1S/C24H21F3N6O3/c1-36-18-5-3-13(25)6-16(18)22(34)30-10-14-4-2-12(9-29-14)17-11-33(15-7-24(26,27)8-15)20-19(17)21(28)31-32-23(20)35/h2-6,9,11,15H,7-8,10H2,1H3,(H2,28,31)(H,30,34)(H,32,35). The SMILES string of the molecule is COc1ccc(F)cc1C(=O)NCc1ccc(-c2cn(C3CC(F)(F)C3)c3c(=O)[nH]nc(N)c23)cn1. The number of benzene rings is 1. The van der Waals surface area contributed by atoms with Crippen molar-refractivity contribution in [2.75, 3.05) is 12.8 Å². The first kappa shape index (κ1) is 23.4. The third-order valence-corrected chi connectivity index (χ3v) is 6.22. The van der Waals surface area contributed by atoms with E-state index in [1.54, 1.807) is 18.3 Å². The van der Waals surface area contributed by atoms with Crippen LogP contribution in [0.3, 0.4) is 0 Å². The van der Waals surface area contributed by atoms with E-state index in [1.807, 2.05) is 0 Å². The number of anilines is 1. The van der Waals surface area contributed by atoms with Crippen LogP contribution in [-0.2, 0) is 6.54 Å². The molecule has 12 heteroatoms. The number of carbonyl (C=O) groups excluding carboxylic acids is 1. The monoisotopic (exact) mass is 498 g/mol. The maximum atomic E-state index is 13.6. The molecule has 186 valence electrons. The van der Waals surface area contributed by atoms with E-state index in [2.05, 4.69) is 20.5 Å². The Hall–Kier alpha value is -4.35. The first-order chi connectivity index (χ1) is 17.2. The second-order valence-electron chi connectivity index (χ2n) is 8.60. The van der Waals surface area contributed by atoms with Crippen LogP contribution in [0, 0.1) is 5.82 Å². The van der Waals surface area contributed by atoms with Crippen LogP contribution in [0.15, 0.2) is 47.5 Å². The zero-order valence-electron chi connectivity index (χ0n) is 19.0. The van der Waals surface area contributed by atoms with E-state index >= 15 is 0 Å². The van der Waals surface area contributed by atoms with Crippen LogP contribution in [0.2, 0.25) is 0 Å². The van der Waals surface area contributed by atoms with Gasteiger partial charge in [-0.25, -0.2) is 18.3 Å². The van der Waals surface area contributed by atoms with Crippen molar-refractivity contribution in [3.63, 3.8) is 0 Å². The summed E-state index contributed by atoms with van der Waals surface area (Å²) in [5.41, 5.74) is 7.38. The summed E-state index contributed by atoms with van der Waals surface area (Å²) in [7, 11) is 1.38. The van der Waals surface area contributed by atoms with Crippen LogP contribution in [0.4, 0.5) is 19.0 Å². The fourth-order valence-electron chi connectivity index (χ4n) is 4.38. The number of H-pyrrole nitrogens is 1. The Balaban J connectivity index is 1.40. The number of nitrogens with one attached hydrogen (secondary N) is 2. The van der Waals surface area contributed by atoms with Gasteiger partial charge < -0.3 is 20.4 Å². The quantitative estimate of drug-likeness (QED) is 0.374. The van der Waals surface area contributed by atoms with Crippen molar-refractivity contribution >= 4 is 22.6 Å². The number of fused-ring (bicyclic) bond motifs is 1. The molecule has 9 nitrogen and oxygen atoms in total. The molecule has 1 aromatic carbocycles. The summed E-state index contributed by atoms with van der Waals surface area (Å²) in [6.07, 6.45) is 2.40. The van der Waals surface area contributed by atoms with Gasteiger partial charge in [0.05, 0.1) is 30.3 Å². The topological polar surface area (TPSA) is 128 Å². The van der Waals surface area contributed by atoms with Crippen molar-refractivity contribution in [1.29, 1.82) is 0 Å². The van der Waals surface area contributed by atoms with Gasteiger partial charge in [0.15, 0.2) is 5.82 Å². The number of carbonyl (C=O) groups is 1. The molecule has 3 aromatic heterocycles. The number of hydrogen-bond acceptors (Lipinski definition) is 6. The minimum absolute atomic E-state index is 0.0525. The van der Waals surface area contributed by atoms with Crippen LogP contribution in [0.5, 0.6) is 5.75 Å². The summed E-state index contributed by atoms with van der Waals surface area (Å²) in [6, 6.07) is 6.48. The van der Waals surface area contributed by atoms with Gasteiger partial charge in [0.1, 0.15) is 17.1 Å². The number of nitrogen functional groups attached to an aromatic ring is 1. The van der Waals surface area contributed by atoms with Gasteiger partial charge in [-0.05, 0) is 24.3 Å². The van der Waals surface area contributed by atoms with Crippen molar-refractivity contribution < 1.29 is 22.7 Å². The number of ether oxygens (including phenoxy) is 1. The van der Waals surface area contributed by atoms with Crippen molar-refractivity contribution in [2.24, 2.45) is 0 Å². The Labute approximate surface area is 202 Å². The summed E-state index contributed by atoms with van der Waals surface area (Å²) >= 11 is 0. The summed E-state index contributed by atoms with van der Waals surface area (Å²) in [5, 5.41) is 9.16. The van der Waals surface area contributed by atoms with Gasteiger partial charge in [-0.15, -0.1) is 0 Å². The highest BCUT2D eigenvalue weighted by molar-refractivity contribution is 6.02. The largest absolute Gasteiger partial charge is 0.496 e. The molecule has 0 aliphatic heterocycles. The fourth-order valence-corrected chi connectivity index (χ4v) is 4.38. The Morgan fingerprint density at radius 1 is 1.31 bits per heavy atom. The third kappa shape index (κ3) is 4.14. The van der Waals surface area contributed by atoms with E-state index in [-0.39, 0.29) is 42.0 Å². The highest BCUT2D eigenvalue weighted by Crippen LogP contribution is 2.47. The van der Waals surface area contributed by atoms with Gasteiger partial charge in [-0.3, -0.25) is 14.6 Å². The molecule has 0 saturated heterocycles. The lowest BCUT2D eigenvalue weighted by Gasteiger charge is -2.36. The molecule has 1 fully saturated rings. The van der Waals surface area contributed by atoms with Gasteiger partial charge in [-0.2, -0.15) is 5.10 Å². The number of hydrogen-bond donors (Lipinski definition) is 3. The number of nitrogens with two attached hydrogens (primary N) is 1. The molecule has 0 spiro atoms. The molecule has 1 saturated carbocycles. The van der Waals surface area contributed by atoms with Gasteiger partial charge in [0.2, 0.25) is 0 Å². The number of amides is 1. The second-order valence-corrected chi connectivity index (χ2v) is 8.60. The molecule has 3 heterocycles. The van der Waals surface area contributed by atoms with Crippen LogP contribution < -0.4 is 21.3 Å². The van der Waals surface area contributed by atoms with Gasteiger partial charge >= 0.3 is 0 Å². The van der Waals surface area contributed by atoms with Crippen molar-refractivity contribution in [2.45, 2.75) is 31.4 Å². The Kier molecular flexibility index (Phi) is 5.65. The number of halogens is 3. The lowest BCUT2D eigenvalue weighted by molar-refractivity contribution is -0.103. The molecular formula is C24H21F3N6O3. The number of nitrogens with zero attached hydrogens (tertiary/aromatic N) is 3. The Bertz CT molecular complexity index is 1520. The Morgan fingerprint density at radius 2 is 2.08 bits per heavy atom. The van der Waals surface area contributed by atoms with Crippen molar-refractivity contribution in [3.8, 4) is 16.9 Å². The lowest BCUT2D eigenvalue weighted by atomic mass is 9.88. The van der Waals surface area contributed by atoms with E-state index in [1.165, 1.54) is 30.0 Å². The molecule has 0 atom stereocenters. The average Bonchev–Trinajstić information content (AvgIpc) is 3.25. The maximum Gasteiger partial charge on any atom is 0.288 e. The molecule has 1 amide bonds. The van der Waals surface area contributed by atoms with Crippen molar-refractivity contribution in [3.05, 3.63) is 70.2 Å². The van der Waals surface area contributed by atoms with E-state index in [0.29, 0.717) is 22.2 Å². The molecule has 36 heavy (non-hydrogen) atoms. The molecule has 0 unspecified atom stereocenters. The highest BCUT2D eigenvalue weighted by Gasteiger charge is 2.47. The number of methoxy groups -OCH3 is 1. The van der Waals surface area contributed by atoms with Gasteiger partial charge in [-0.1, -0.05) is 6.07 Å². The minimum Gasteiger partial charge on any atom is -0.496 e. The van der Waals surface area contributed by atoms with Gasteiger partial charge in [0.25, 0.3) is 17.4 Å². The predicted octanol–water partition coefficient (Wildman–Crippen LogP) is 3.42. The molecule has 0 bridgehead atoms. The van der Waals surface area contributed by atoms with E-state index in [0.717, 1.165) is 6.07 Å².